The molecule has 1 N–H and O–H groups in total. The number of hydrogen-bond donors (Lipinski definition) is 1. The minimum absolute atomic E-state index is 0.0356. The van der Waals surface area contributed by atoms with Gasteiger partial charge in [0.1, 0.15) is 8.42 Å². The molecule has 0 radical (unpaired) electrons. The van der Waals surface area contributed by atoms with Crippen molar-refractivity contribution < 1.29 is 21.6 Å². The molecule has 1 aromatic heterocycles. The van der Waals surface area contributed by atoms with Crippen molar-refractivity contribution in [1.29, 1.82) is 0 Å². The van der Waals surface area contributed by atoms with Crippen LogP contribution < -0.4 is 9.62 Å². The van der Waals surface area contributed by atoms with Crippen LogP contribution in [0.1, 0.15) is 0 Å². The Morgan fingerprint density at radius 2 is 1.70 bits per heavy atom. The van der Waals surface area contributed by atoms with E-state index in [-0.39, 0.29) is 8.42 Å². The topological polar surface area (TPSA) is 96.0 Å². The van der Waals surface area contributed by atoms with Gasteiger partial charge in [-0.15, -0.1) is 11.3 Å². The van der Waals surface area contributed by atoms with Gasteiger partial charge in [0.2, 0.25) is 0 Å². The summed E-state index contributed by atoms with van der Waals surface area (Å²) in [6, 6.07) is 7.67. The summed E-state index contributed by atoms with van der Waals surface area (Å²) in [4.78, 5) is 2.09. The maximum Gasteiger partial charge on any atom is 0.271 e. The first-order valence-electron chi connectivity index (χ1n) is 9.26. The largest absolute Gasteiger partial charge is 0.381 e. The zero-order valence-corrected chi connectivity index (χ0v) is 19.6. The van der Waals surface area contributed by atoms with Gasteiger partial charge < -0.3 is 9.64 Å². The highest BCUT2D eigenvalue weighted by Crippen LogP contribution is 2.41. The molecule has 3 heterocycles. The van der Waals surface area contributed by atoms with Crippen LogP contribution >= 0.6 is 22.9 Å². The molecule has 1 aromatic carbocycles. The standard InChI is InChI=1S/C18H22ClN3O5S3/c1-21(2)30(25,26)17-7-6-16(28-17)29(23,24)20-15-5-3-4-14(19)18(15)22-8-12-10-27-11-13(12)9-22/h3-7,12-13,20H,8-11H2,1-2H3. The van der Waals surface area contributed by atoms with Gasteiger partial charge in [-0.2, -0.15) is 0 Å². The third-order valence-corrected chi connectivity index (χ3v) is 10.9. The number of ether oxygens (including phenoxy) is 1. The normalized spacial score (nSPS) is 21.9. The Morgan fingerprint density at radius 3 is 2.33 bits per heavy atom. The predicted octanol–water partition coefficient (Wildman–Crippen LogP) is 2.54. The van der Waals surface area contributed by atoms with E-state index < -0.39 is 20.0 Å². The number of anilines is 2. The summed E-state index contributed by atoms with van der Waals surface area (Å²) < 4.78 is 59.6. The zero-order chi connectivity index (χ0) is 21.7. The van der Waals surface area contributed by atoms with Crippen molar-refractivity contribution in [2.24, 2.45) is 11.8 Å². The van der Waals surface area contributed by atoms with Crippen LogP contribution in [0.2, 0.25) is 5.02 Å². The van der Waals surface area contributed by atoms with Gasteiger partial charge in [0.15, 0.2) is 0 Å². The minimum atomic E-state index is -3.99. The molecule has 164 valence electrons. The molecule has 0 saturated carbocycles. The number of benzene rings is 1. The summed E-state index contributed by atoms with van der Waals surface area (Å²) in [5.41, 5.74) is 1.00. The molecule has 2 aromatic rings. The number of hydrogen-bond acceptors (Lipinski definition) is 7. The lowest BCUT2D eigenvalue weighted by Crippen LogP contribution is -2.24. The SMILES string of the molecule is CN(C)S(=O)(=O)c1ccc(S(=O)(=O)Nc2cccc(Cl)c2N2CC3COCC3C2)s1. The molecule has 0 amide bonds. The smallest absolute Gasteiger partial charge is 0.271 e. The van der Waals surface area contributed by atoms with Crippen molar-refractivity contribution in [2.45, 2.75) is 8.42 Å². The van der Waals surface area contributed by atoms with Crippen LogP contribution in [0.5, 0.6) is 0 Å². The van der Waals surface area contributed by atoms with Crippen LogP contribution in [0.3, 0.4) is 0 Å². The Balaban J connectivity index is 1.63. The minimum Gasteiger partial charge on any atom is -0.381 e. The van der Waals surface area contributed by atoms with Gasteiger partial charge in [-0.1, -0.05) is 17.7 Å². The molecule has 2 atom stereocenters. The molecule has 4 rings (SSSR count). The summed E-state index contributed by atoms with van der Waals surface area (Å²) >= 11 is 7.16. The van der Waals surface area contributed by atoms with Gasteiger partial charge in [-0.25, -0.2) is 21.1 Å². The maximum absolute atomic E-state index is 13.0. The first-order valence-corrected chi connectivity index (χ1v) is 13.4. The number of sulfonamides is 2. The van der Waals surface area contributed by atoms with Crippen molar-refractivity contribution >= 4 is 54.4 Å². The van der Waals surface area contributed by atoms with E-state index in [0.29, 0.717) is 52.8 Å². The summed E-state index contributed by atoms with van der Waals surface area (Å²) in [6.07, 6.45) is 0. The highest BCUT2D eigenvalue weighted by molar-refractivity contribution is 7.96. The number of halogens is 1. The van der Waals surface area contributed by atoms with Gasteiger partial charge in [0, 0.05) is 39.0 Å². The number of para-hydroxylation sites is 1. The van der Waals surface area contributed by atoms with E-state index in [1.807, 2.05) is 0 Å². The molecule has 30 heavy (non-hydrogen) atoms. The van der Waals surface area contributed by atoms with Crippen molar-refractivity contribution in [1.82, 2.24) is 4.31 Å². The molecular weight excluding hydrogens is 470 g/mol. The van der Waals surface area contributed by atoms with E-state index in [2.05, 4.69) is 9.62 Å². The Kier molecular flexibility index (Phi) is 5.79. The Hall–Kier alpha value is -1.37. The molecule has 12 heteroatoms. The predicted molar refractivity (Wildman–Crippen MR) is 117 cm³/mol. The molecule has 0 bridgehead atoms. The van der Waals surface area contributed by atoms with Gasteiger partial charge >= 0.3 is 0 Å². The van der Waals surface area contributed by atoms with E-state index in [1.54, 1.807) is 18.2 Å². The molecule has 2 fully saturated rings. The van der Waals surface area contributed by atoms with E-state index >= 15 is 0 Å². The average Bonchev–Trinajstić information content (AvgIpc) is 3.37. The van der Waals surface area contributed by atoms with Crippen LogP contribution in [0.15, 0.2) is 38.8 Å². The van der Waals surface area contributed by atoms with E-state index in [4.69, 9.17) is 16.3 Å². The second kappa shape index (κ2) is 7.95. The second-order valence-electron chi connectivity index (χ2n) is 7.56. The molecule has 0 aliphatic carbocycles. The van der Waals surface area contributed by atoms with E-state index in [1.165, 1.54) is 26.2 Å². The first-order chi connectivity index (χ1) is 14.1. The molecule has 2 aliphatic rings. The van der Waals surface area contributed by atoms with E-state index in [9.17, 15) is 16.8 Å². The molecule has 2 aliphatic heterocycles. The Bertz CT molecular complexity index is 1150. The summed E-state index contributed by atoms with van der Waals surface area (Å²) in [5.74, 6) is 0.809. The fourth-order valence-electron chi connectivity index (χ4n) is 3.75. The lowest BCUT2D eigenvalue weighted by Gasteiger charge is -2.24. The lowest BCUT2D eigenvalue weighted by molar-refractivity contribution is 0.177. The van der Waals surface area contributed by atoms with Gasteiger partial charge in [-0.3, -0.25) is 4.72 Å². The third-order valence-electron chi connectivity index (χ3n) is 5.34. The highest BCUT2D eigenvalue weighted by Gasteiger charge is 2.38. The molecule has 2 saturated heterocycles. The zero-order valence-electron chi connectivity index (χ0n) is 16.4. The Morgan fingerprint density at radius 1 is 1.07 bits per heavy atom. The quantitative estimate of drug-likeness (QED) is 0.667. The molecule has 2 unspecified atom stereocenters. The van der Waals surface area contributed by atoms with Crippen LogP contribution in [0.25, 0.3) is 0 Å². The number of nitrogens with one attached hydrogen (secondary N) is 1. The Labute approximate surface area is 185 Å². The fourth-order valence-corrected chi connectivity index (χ4v) is 8.05. The molecule has 8 nitrogen and oxygen atoms in total. The van der Waals surface area contributed by atoms with Gasteiger partial charge in [0.05, 0.1) is 29.6 Å². The third kappa shape index (κ3) is 3.94. The highest BCUT2D eigenvalue weighted by atomic mass is 35.5. The van der Waals surface area contributed by atoms with Gasteiger partial charge in [-0.05, 0) is 24.3 Å². The summed E-state index contributed by atoms with van der Waals surface area (Å²) in [7, 11) is -4.90. The van der Waals surface area contributed by atoms with Crippen LogP contribution in [0, 0.1) is 11.8 Å². The summed E-state index contributed by atoms with van der Waals surface area (Å²) in [6.45, 7) is 2.89. The monoisotopic (exact) mass is 491 g/mol. The maximum atomic E-state index is 13.0. The second-order valence-corrected chi connectivity index (χ2v) is 13.3. The van der Waals surface area contributed by atoms with Crippen molar-refractivity contribution in [3.63, 3.8) is 0 Å². The number of fused-ring (bicyclic) bond motifs is 1. The molecular formula is C18H22ClN3O5S3. The van der Waals surface area contributed by atoms with Gasteiger partial charge in [0.25, 0.3) is 20.0 Å². The fraction of sp³-hybridized carbons (Fsp3) is 0.444. The number of rotatable bonds is 6. The lowest BCUT2D eigenvalue weighted by atomic mass is 10.0. The van der Waals surface area contributed by atoms with Crippen molar-refractivity contribution in [3.8, 4) is 0 Å². The van der Waals surface area contributed by atoms with Crippen LogP contribution in [0.4, 0.5) is 11.4 Å². The van der Waals surface area contributed by atoms with Crippen LogP contribution in [-0.4, -0.2) is 61.5 Å². The summed E-state index contributed by atoms with van der Waals surface area (Å²) in [5, 5.41) is 0.457. The van der Waals surface area contributed by atoms with Crippen molar-refractivity contribution in [3.05, 3.63) is 35.4 Å². The first kappa shape index (κ1) is 21.8. The van der Waals surface area contributed by atoms with Crippen molar-refractivity contribution in [2.75, 3.05) is 50.0 Å². The van der Waals surface area contributed by atoms with Crippen LogP contribution in [-0.2, 0) is 24.8 Å². The molecule has 0 spiro atoms. The average molecular weight is 492 g/mol. The number of thiophene rings is 1. The number of nitrogens with zero attached hydrogens (tertiary/aromatic N) is 2. The van der Waals surface area contributed by atoms with E-state index in [0.717, 1.165) is 17.4 Å².